The number of benzene rings is 4. The highest BCUT2D eigenvalue weighted by Crippen LogP contribution is 2.25. The van der Waals surface area contributed by atoms with Crippen molar-refractivity contribution in [2.75, 3.05) is 5.32 Å². The number of nitrogens with one attached hydrogen (secondary N) is 1. The molecule has 0 saturated heterocycles. The summed E-state index contributed by atoms with van der Waals surface area (Å²) in [5, 5.41) is 14.7. The molecule has 4 rings (SSSR count). The van der Waals surface area contributed by atoms with E-state index < -0.39 is 5.91 Å². The van der Waals surface area contributed by atoms with E-state index in [-0.39, 0.29) is 5.57 Å². The predicted molar refractivity (Wildman–Crippen MR) is 145 cm³/mol. The number of amides is 1. The lowest BCUT2D eigenvalue weighted by molar-refractivity contribution is -0.112. The summed E-state index contributed by atoms with van der Waals surface area (Å²) in [6, 6.07) is 29.8. The van der Waals surface area contributed by atoms with Crippen LogP contribution in [-0.4, -0.2) is 5.91 Å². The zero-order valence-electron chi connectivity index (χ0n) is 18.7. The fraction of sp³-hybridized carbons (Fsp3) is 0.103. The van der Waals surface area contributed by atoms with Gasteiger partial charge in [-0.15, -0.1) is 0 Å². The van der Waals surface area contributed by atoms with Crippen molar-refractivity contribution in [3.05, 3.63) is 111 Å². The summed E-state index contributed by atoms with van der Waals surface area (Å²) in [5.41, 5.74) is 3.74. The van der Waals surface area contributed by atoms with Crippen molar-refractivity contribution < 1.29 is 9.53 Å². The SMILES string of the molecule is CCc1ccc(NC(=O)/C(C#N)=C/c2ccc(OCc3ccc4ccccc4c3)c(I)c2)cc1. The van der Waals surface area contributed by atoms with E-state index in [2.05, 4.69) is 65.2 Å². The molecule has 34 heavy (non-hydrogen) atoms. The van der Waals surface area contributed by atoms with Gasteiger partial charge in [0.25, 0.3) is 5.91 Å². The normalized spacial score (nSPS) is 11.1. The maximum Gasteiger partial charge on any atom is 0.266 e. The molecule has 4 nitrogen and oxygen atoms in total. The molecule has 1 amide bonds. The fourth-order valence-electron chi connectivity index (χ4n) is 3.55. The minimum Gasteiger partial charge on any atom is -0.488 e. The topological polar surface area (TPSA) is 62.1 Å². The first-order valence-corrected chi connectivity index (χ1v) is 12.1. The third kappa shape index (κ3) is 5.83. The molecule has 0 heterocycles. The first-order chi connectivity index (χ1) is 16.6. The molecule has 0 saturated carbocycles. The van der Waals surface area contributed by atoms with Crippen molar-refractivity contribution in [1.82, 2.24) is 0 Å². The molecule has 0 unspecified atom stereocenters. The van der Waals surface area contributed by atoms with Crippen LogP contribution in [-0.2, 0) is 17.8 Å². The lowest BCUT2D eigenvalue weighted by Gasteiger charge is -2.10. The van der Waals surface area contributed by atoms with Gasteiger partial charge >= 0.3 is 0 Å². The third-order valence-corrected chi connectivity index (χ3v) is 6.30. The van der Waals surface area contributed by atoms with Crippen molar-refractivity contribution in [2.45, 2.75) is 20.0 Å². The number of anilines is 1. The molecule has 168 valence electrons. The molecular weight excluding hydrogens is 535 g/mol. The Morgan fingerprint density at radius 2 is 1.71 bits per heavy atom. The minimum atomic E-state index is -0.432. The lowest BCUT2D eigenvalue weighted by Crippen LogP contribution is -2.13. The highest BCUT2D eigenvalue weighted by Gasteiger charge is 2.11. The van der Waals surface area contributed by atoms with Gasteiger partial charge in [-0.05, 0) is 92.9 Å². The molecule has 0 aliphatic heterocycles. The molecule has 4 aromatic carbocycles. The number of aryl methyl sites for hydroxylation is 1. The van der Waals surface area contributed by atoms with Gasteiger partial charge in [0.1, 0.15) is 24.0 Å². The highest BCUT2D eigenvalue weighted by molar-refractivity contribution is 14.1. The molecule has 0 atom stereocenters. The molecule has 0 aliphatic rings. The molecule has 5 heteroatoms. The third-order valence-electron chi connectivity index (χ3n) is 5.46. The van der Waals surface area contributed by atoms with Crippen LogP contribution in [0.4, 0.5) is 5.69 Å². The van der Waals surface area contributed by atoms with Crippen molar-refractivity contribution in [1.29, 1.82) is 5.26 Å². The molecule has 0 aliphatic carbocycles. The Morgan fingerprint density at radius 3 is 2.41 bits per heavy atom. The Labute approximate surface area is 213 Å². The second-order valence-electron chi connectivity index (χ2n) is 7.83. The van der Waals surface area contributed by atoms with E-state index in [0.29, 0.717) is 12.3 Å². The molecule has 1 N–H and O–H groups in total. The first kappa shape index (κ1) is 23.5. The van der Waals surface area contributed by atoms with E-state index in [1.807, 2.05) is 60.7 Å². The molecule has 0 fully saturated rings. The Bertz CT molecular complexity index is 1400. The minimum absolute atomic E-state index is 0.0419. The van der Waals surface area contributed by atoms with Crippen LogP contribution < -0.4 is 10.1 Å². The molecular formula is C29H23IN2O2. The molecule has 0 aromatic heterocycles. The quantitative estimate of drug-likeness (QED) is 0.149. The van der Waals surface area contributed by atoms with Gasteiger partial charge in [-0.2, -0.15) is 5.26 Å². The standard InChI is InChI=1S/C29H23IN2O2/c1-2-20-8-12-26(13-9-20)32-29(33)25(18-31)15-21-10-14-28(27(30)17-21)34-19-22-7-11-23-5-3-4-6-24(23)16-22/h3-17H,2,19H2,1H3,(H,32,33)/b25-15+. The number of hydrogen-bond donors (Lipinski definition) is 1. The Kier molecular flexibility index (Phi) is 7.61. The Morgan fingerprint density at radius 1 is 0.971 bits per heavy atom. The number of halogens is 1. The zero-order chi connectivity index (χ0) is 23.9. The number of carbonyl (C=O) groups excluding carboxylic acids is 1. The van der Waals surface area contributed by atoms with Crippen LogP contribution in [0.15, 0.2) is 90.5 Å². The van der Waals surface area contributed by atoms with Crippen molar-refractivity contribution in [3.63, 3.8) is 0 Å². The van der Waals surface area contributed by atoms with Gasteiger partial charge in [-0.25, -0.2) is 0 Å². The van der Waals surface area contributed by atoms with Crippen LogP contribution in [0.1, 0.15) is 23.6 Å². The summed E-state index contributed by atoms with van der Waals surface area (Å²) in [5.74, 6) is 0.322. The van der Waals surface area contributed by atoms with Crippen LogP contribution >= 0.6 is 22.6 Å². The van der Waals surface area contributed by atoms with Crippen LogP contribution in [0.2, 0.25) is 0 Å². The Balaban J connectivity index is 1.43. The first-order valence-electron chi connectivity index (χ1n) is 11.0. The number of nitriles is 1. The number of rotatable bonds is 7. The number of carbonyl (C=O) groups is 1. The highest BCUT2D eigenvalue weighted by atomic mass is 127. The second kappa shape index (κ2) is 11.0. The molecule has 4 aromatic rings. The van der Waals surface area contributed by atoms with Gasteiger partial charge in [-0.1, -0.05) is 61.5 Å². The van der Waals surface area contributed by atoms with Gasteiger partial charge < -0.3 is 10.1 Å². The summed E-state index contributed by atoms with van der Waals surface area (Å²) in [6.07, 6.45) is 2.52. The molecule has 0 radical (unpaired) electrons. The van der Waals surface area contributed by atoms with Gasteiger partial charge in [0.2, 0.25) is 0 Å². The van der Waals surface area contributed by atoms with Crippen molar-refractivity contribution in [2.24, 2.45) is 0 Å². The lowest BCUT2D eigenvalue weighted by atomic mass is 10.1. The maximum absolute atomic E-state index is 12.6. The largest absolute Gasteiger partial charge is 0.488 e. The predicted octanol–water partition coefficient (Wildman–Crippen LogP) is 7.13. The summed E-state index contributed by atoms with van der Waals surface area (Å²) < 4.78 is 6.93. The maximum atomic E-state index is 12.6. The van der Waals surface area contributed by atoms with E-state index in [1.165, 1.54) is 16.3 Å². The summed E-state index contributed by atoms with van der Waals surface area (Å²) >= 11 is 2.21. The molecule has 0 bridgehead atoms. The van der Waals surface area contributed by atoms with Crippen molar-refractivity contribution >= 4 is 51.0 Å². The van der Waals surface area contributed by atoms with Gasteiger partial charge in [0.05, 0.1) is 3.57 Å². The zero-order valence-corrected chi connectivity index (χ0v) is 20.9. The monoisotopic (exact) mass is 558 g/mol. The van der Waals surface area contributed by atoms with E-state index >= 15 is 0 Å². The van der Waals surface area contributed by atoms with Gasteiger partial charge in [0, 0.05) is 5.69 Å². The average Bonchev–Trinajstić information content (AvgIpc) is 2.87. The van der Waals surface area contributed by atoms with Crippen LogP contribution in [0.3, 0.4) is 0 Å². The number of nitrogens with zero attached hydrogens (tertiary/aromatic N) is 1. The summed E-state index contributed by atoms with van der Waals surface area (Å²) in [6.45, 7) is 2.53. The number of hydrogen-bond acceptors (Lipinski definition) is 3. The van der Waals surface area contributed by atoms with E-state index in [1.54, 1.807) is 6.08 Å². The van der Waals surface area contributed by atoms with Crippen LogP contribution in [0, 0.1) is 14.9 Å². The smallest absolute Gasteiger partial charge is 0.266 e. The summed E-state index contributed by atoms with van der Waals surface area (Å²) in [7, 11) is 0. The van der Waals surface area contributed by atoms with E-state index in [9.17, 15) is 10.1 Å². The number of fused-ring (bicyclic) bond motifs is 1. The van der Waals surface area contributed by atoms with Gasteiger partial charge in [-0.3, -0.25) is 4.79 Å². The van der Waals surface area contributed by atoms with E-state index in [4.69, 9.17) is 4.74 Å². The van der Waals surface area contributed by atoms with E-state index in [0.717, 1.165) is 26.9 Å². The summed E-state index contributed by atoms with van der Waals surface area (Å²) in [4.78, 5) is 12.6. The Hall–Kier alpha value is -3.63. The van der Waals surface area contributed by atoms with Gasteiger partial charge in [0.15, 0.2) is 0 Å². The van der Waals surface area contributed by atoms with Crippen molar-refractivity contribution in [3.8, 4) is 11.8 Å². The van der Waals surface area contributed by atoms with Crippen LogP contribution in [0.5, 0.6) is 5.75 Å². The molecule has 0 spiro atoms. The fourth-order valence-corrected chi connectivity index (χ4v) is 4.25. The average molecular weight is 558 g/mol. The van der Waals surface area contributed by atoms with Crippen LogP contribution in [0.25, 0.3) is 16.8 Å². The number of ether oxygens (including phenoxy) is 1. The second-order valence-corrected chi connectivity index (χ2v) is 9.00.